The summed E-state index contributed by atoms with van der Waals surface area (Å²) in [6.45, 7) is -0.160. The van der Waals surface area contributed by atoms with Crippen molar-refractivity contribution in [2.45, 2.75) is 23.8 Å². The molecule has 0 heterocycles. The van der Waals surface area contributed by atoms with Crippen molar-refractivity contribution in [3.8, 4) is 0 Å². The average molecular weight is 408 g/mol. The van der Waals surface area contributed by atoms with Crippen LogP contribution in [0.1, 0.15) is 23.2 Å². The van der Waals surface area contributed by atoms with Crippen LogP contribution in [-0.2, 0) is 14.8 Å². The monoisotopic (exact) mass is 407 g/mol. The standard InChI is InChI=1S/C18H18ClN3O4S/c19-13-4-2-5-15(10-13)22-27(25,26)16-6-1-3-12(9-16)18(24)20-11-17(23)21-14-7-8-14/h1-6,9-10,14,22H,7-8,11H2,(H,20,24)(H,21,23). The van der Waals surface area contributed by atoms with Crippen LogP contribution in [0.5, 0.6) is 0 Å². The van der Waals surface area contributed by atoms with Gasteiger partial charge in [0.15, 0.2) is 0 Å². The van der Waals surface area contributed by atoms with E-state index in [0.717, 1.165) is 12.8 Å². The summed E-state index contributed by atoms with van der Waals surface area (Å²) in [6.07, 6.45) is 1.92. The van der Waals surface area contributed by atoms with Crippen LogP contribution in [0, 0.1) is 0 Å². The summed E-state index contributed by atoms with van der Waals surface area (Å²) < 4.78 is 27.5. The van der Waals surface area contributed by atoms with Crippen LogP contribution >= 0.6 is 11.6 Å². The summed E-state index contributed by atoms with van der Waals surface area (Å²) >= 11 is 5.86. The largest absolute Gasteiger partial charge is 0.352 e. The Hall–Kier alpha value is -2.58. The maximum absolute atomic E-state index is 12.5. The number of amides is 2. The van der Waals surface area contributed by atoms with E-state index >= 15 is 0 Å². The van der Waals surface area contributed by atoms with Crippen LogP contribution in [0.3, 0.4) is 0 Å². The van der Waals surface area contributed by atoms with Gasteiger partial charge in [0.25, 0.3) is 15.9 Å². The Morgan fingerprint density at radius 3 is 2.52 bits per heavy atom. The molecule has 3 N–H and O–H groups in total. The van der Waals surface area contributed by atoms with Gasteiger partial charge in [0, 0.05) is 16.6 Å². The molecule has 0 radical (unpaired) electrons. The van der Waals surface area contributed by atoms with Gasteiger partial charge in [0.1, 0.15) is 0 Å². The van der Waals surface area contributed by atoms with Gasteiger partial charge in [0.2, 0.25) is 5.91 Å². The molecule has 3 rings (SSSR count). The highest BCUT2D eigenvalue weighted by molar-refractivity contribution is 7.92. The molecule has 2 aromatic carbocycles. The summed E-state index contributed by atoms with van der Waals surface area (Å²) in [7, 11) is -3.89. The zero-order chi connectivity index (χ0) is 19.4. The topological polar surface area (TPSA) is 104 Å². The van der Waals surface area contributed by atoms with E-state index in [1.807, 2.05) is 0 Å². The van der Waals surface area contributed by atoms with Gasteiger partial charge in [-0.3, -0.25) is 14.3 Å². The van der Waals surface area contributed by atoms with E-state index < -0.39 is 15.9 Å². The highest BCUT2D eigenvalue weighted by atomic mass is 35.5. The van der Waals surface area contributed by atoms with Gasteiger partial charge in [-0.25, -0.2) is 8.42 Å². The summed E-state index contributed by atoms with van der Waals surface area (Å²) in [5, 5.41) is 5.64. The second-order valence-corrected chi connectivity index (χ2v) is 8.29. The molecule has 0 aliphatic heterocycles. The molecule has 0 unspecified atom stereocenters. The summed E-state index contributed by atoms with van der Waals surface area (Å²) in [4.78, 5) is 23.8. The molecule has 2 aromatic rings. The molecule has 0 saturated heterocycles. The normalized spacial score (nSPS) is 13.7. The van der Waals surface area contributed by atoms with Crippen molar-refractivity contribution in [3.63, 3.8) is 0 Å². The summed E-state index contributed by atoms with van der Waals surface area (Å²) in [5.74, 6) is -0.794. The first-order valence-electron chi connectivity index (χ1n) is 8.29. The minimum absolute atomic E-state index is 0.0717. The Bertz CT molecular complexity index is 974. The molecule has 1 aliphatic carbocycles. The number of halogens is 1. The van der Waals surface area contributed by atoms with E-state index in [1.54, 1.807) is 18.2 Å². The lowest BCUT2D eigenvalue weighted by molar-refractivity contribution is -0.120. The maximum atomic E-state index is 12.5. The fourth-order valence-electron chi connectivity index (χ4n) is 2.34. The minimum atomic E-state index is -3.89. The third-order valence-electron chi connectivity index (χ3n) is 3.84. The van der Waals surface area contributed by atoms with Crippen molar-refractivity contribution in [1.82, 2.24) is 10.6 Å². The Balaban J connectivity index is 1.68. The molecule has 2 amide bonds. The van der Waals surface area contributed by atoms with Crippen LogP contribution in [0.25, 0.3) is 0 Å². The number of sulfonamides is 1. The number of hydrogen-bond donors (Lipinski definition) is 3. The highest BCUT2D eigenvalue weighted by Gasteiger charge is 2.23. The number of benzene rings is 2. The van der Waals surface area contributed by atoms with Crippen molar-refractivity contribution in [2.75, 3.05) is 11.3 Å². The van der Waals surface area contributed by atoms with Gasteiger partial charge in [-0.2, -0.15) is 0 Å². The van der Waals surface area contributed by atoms with E-state index in [4.69, 9.17) is 11.6 Å². The van der Waals surface area contributed by atoms with Crippen LogP contribution in [0.15, 0.2) is 53.4 Å². The average Bonchev–Trinajstić information content (AvgIpc) is 3.43. The lowest BCUT2D eigenvalue weighted by Gasteiger charge is -2.10. The SMILES string of the molecule is O=C(CNC(=O)c1cccc(S(=O)(=O)Nc2cccc(Cl)c2)c1)NC1CC1. The first-order valence-corrected chi connectivity index (χ1v) is 10.2. The zero-order valence-electron chi connectivity index (χ0n) is 14.2. The minimum Gasteiger partial charge on any atom is -0.352 e. The first-order chi connectivity index (χ1) is 12.8. The van der Waals surface area contributed by atoms with Crippen molar-refractivity contribution in [3.05, 3.63) is 59.1 Å². The van der Waals surface area contributed by atoms with E-state index in [-0.39, 0.29) is 29.0 Å². The molecular formula is C18H18ClN3O4S. The molecule has 0 aromatic heterocycles. The molecule has 0 spiro atoms. The molecule has 27 heavy (non-hydrogen) atoms. The quantitative estimate of drug-likeness (QED) is 0.654. The van der Waals surface area contributed by atoms with E-state index in [1.165, 1.54) is 30.3 Å². The van der Waals surface area contributed by atoms with Crippen LogP contribution in [0.4, 0.5) is 5.69 Å². The van der Waals surface area contributed by atoms with Crippen LogP contribution in [-0.4, -0.2) is 32.8 Å². The number of rotatable bonds is 7. The fraction of sp³-hybridized carbons (Fsp3) is 0.222. The fourth-order valence-corrected chi connectivity index (χ4v) is 3.62. The number of carbonyl (C=O) groups excluding carboxylic acids is 2. The van der Waals surface area contributed by atoms with Gasteiger partial charge >= 0.3 is 0 Å². The van der Waals surface area contributed by atoms with Gasteiger partial charge in [-0.15, -0.1) is 0 Å². The molecule has 1 saturated carbocycles. The Labute approximate surface area is 162 Å². The predicted molar refractivity (Wildman–Crippen MR) is 102 cm³/mol. The molecule has 142 valence electrons. The maximum Gasteiger partial charge on any atom is 0.261 e. The third kappa shape index (κ3) is 5.45. The zero-order valence-corrected chi connectivity index (χ0v) is 15.8. The first kappa shape index (κ1) is 19.2. The molecular weight excluding hydrogens is 390 g/mol. The molecule has 1 fully saturated rings. The van der Waals surface area contributed by atoms with Crippen molar-refractivity contribution >= 4 is 39.1 Å². The van der Waals surface area contributed by atoms with Gasteiger partial charge < -0.3 is 10.6 Å². The third-order valence-corrected chi connectivity index (χ3v) is 5.45. The second kappa shape index (κ2) is 7.98. The van der Waals surface area contributed by atoms with E-state index in [0.29, 0.717) is 10.7 Å². The molecule has 1 aliphatic rings. The van der Waals surface area contributed by atoms with Crippen molar-refractivity contribution in [2.24, 2.45) is 0 Å². The summed E-state index contributed by atoms with van der Waals surface area (Å²) in [5.41, 5.74) is 0.456. The van der Waals surface area contributed by atoms with E-state index in [9.17, 15) is 18.0 Å². The Morgan fingerprint density at radius 1 is 1.07 bits per heavy atom. The number of hydrogen-bond acceptors (Lipinski definition) is 4. The Kier molecular flexibility index (Phi) is 5.67. The molecule has 0 atom stereocenters. The summed E-state index contributed by atoms with van der Waals surface area (Å²) in [6, 6.07) is 12.1. The Morgan fingerprint density at radius 2 is 1.81 bits per heavy atom. The molecule has 9 heteroatoms. The number of carbonyl (C=O) groups is 2. The molecule has 0 bridgehead atoms. The van der Waals surface area contributed by atoms with Gasteiger partial charge in [-0.1, -0.05) is 23.7 Å². The predicted octanol–water partition coefficient (Wildman–Crippen LogP) is 2.15. The number of nitrogens with one attached hydrogen (secondary N) is 3. The smallest absolute Gasteiger partial charge is 0.261 e. The van der Waals surface area contributed by atoms with E-state index in [2.05, 4.69) is 15.4 Å². The van der Waals surface area contributed by atoms with Gasteiger partial charge in [0.05, 0.1) is 17.1 Å². The number of anilines is 1. The lowest BCUT2D eigenvalue weighted by atomic mass is 10.2. The van der Waals surface area contributed by atoms with Gasteiger partial charge in [-0.05, 0) is 49.2 Å². The van der Waals surface area contributed by atoms with Crippen molar-refractivity contribution < 1.29 is 18.0 Å². The van der Waals surface area contributed by atoms with Crippen LogP contribution < -0.4 is 15.4 Å². The lowest BCUT2D eigenvalue weighted by Crippen LogP contribution is -2.37. The van der Waals surface area contributed by atoms with Crippen molar-refractivity contribution in [1.29, 1.82) is 0 Å². The second-order valence-electron chi connectivity index (χ2n) is 6.17. The van der Waals surface area contributed by atoms with Crippen LogP contribution in [0.2, 0.25) is 5.02 Å². The highest BCUT2D eigenvalue weighted by Crippen LogP contribution is 2.20. The molecule has 7 nitrogen and oxygen atoms in total.